The molecule has 0 amide bonds. The lowest BCUT2D eigenvalue weighted by molar-refractivity contribution is 0.400. The van der Waals surface area contributed by atoms with E-state index in [1.165, 1.54) is 25.3 Å². The van der Waals surface area contributed by atoms with Gasteiger partial charge in [0.1, 0.15) is 10.6 Å². The van der Waals surface area contributed by atoms with Crippen LogP contribution in [0.3, 0.4) is 0 Å². The molecule has 0 atom stereocenters. The van der Waals surface area contributed by atoms with Crippen LogP contribution < -0.4 is 4.74 Å². The molecule has 4 nitrogen and oxygen atoms in total. The average molecular weight is 234 g/mol. The highest BCUT2D eigenvalue weighted by Gasteiger charge is 2.18. The van der Waals surface area contributed by atoms with Gasteiger partial charge >= 0.3 is 0 Å². The predicted molar refractivity (Wildman–Crippen MR) is 52.5 cm³/mol. The van der Waals surface area contributed by atoms with Gasteiger partial charge in [-0.05, 0) is 12.1 Å². The number of rotatable bonds is 4. The molecule has 0 heterocycles. The lowest BCUT2D eigenvalue weighted by Gasteiger charge is -2.10. The van der Waals surface area contributed by atoms with Crippen molar-refractivity contribution in [1.82, 2.24) is 0 Å². The molecule has 1 aromatic carbocycles. The van der Waals surface area contributed by atoms with Crippen molar-refractivity contribution in [1.29, 1.82) is 0 Å². The SMILES string of the molecule is COc1cccc(S(=O)(=O)O)c1CCF. The summed E-state index contributed by atoms with van der Waals surface area (Å²) in [7, 11) is -2.98. The molecule has 0 bridgehead atoms. The Morgan fingerprint density at radius 3 is 2.60 bits per heavy atom. The molecule has 0 aliphatic heterocycles. The van der Waals surface area contributed by atoms with Gasteiger partial charge in [-0.2, -0.15) is 8.42 Å². The Hall–Kier alpha value is -1.14. The van der Waals surface area contributed by atoms with Crippen LogP contribution >= 0.6 is 0 Å². The fourth-order valence-electron chi connectivity index (χ4n) is 1.32. The van der Waals surface area contributed by atoms with Crippen molar-refractivity contribution in [2.45, 2.75) is 11.3 Å². The van der Waals surface area contributed by atoms with Gasteiger partial charge in [-0.1, -0.05) is 6.07 Å². The first kappa shape index (κ1) is 11.9. The number of methoxy groups -OCH3 is 1. The van der Waals surface area contributed by atoms with E-state index in [0.29, 0.717) is 0 Å². The summed E-state index contributed by atoms with van der Waals surface area (Å²) in [6.45, 7) is -0.719. The summed E-state index contributed by atoms with van der Waals surface area (Å²) >= 11 is 0. The maximum Gasteiger partial charge on any atom is 0.294 e. The van der Waals surface area contributed by atoms with E-state index in [1.54, 1.807) is 0 Å². The summed E-state index contributed by atoms with van der Waals surface area (Å²) in [6.07, 6.45) is -0.112. The summed E-state index contributed by atoms with van der Waals surface area (Å²) in [4.78, 5) is -0.306. The van der Waals surface area contributed by atoms with Crippen molar-refractivity contribution in [2.75, 3.05) is 13.8 Å². The number of ether oxygens (including phenoxy) is 1. The molecule has 0 aromatic heterocycles. The quantitative estimate of drug-likeness (QED) is 0.801. The van der Waals surface area contributed by atoms with E-state index >= 15 is 0 Å². The number of alkyl halides is 1. The highest BCUT2D eigenvalue weighted by atomic mass is 32.2. The molecule has 0 spiro atoms. The standard InChI is InChI=1S/C9H11FO4S/c1-14-8-3-2-4-9(15(11,12)13)7(8)5-6-10/h2-4H,5-6H2,1H3,(H,11,12,13). The first-order chi connectivity index (χ1) is 7.00. The highest BCUT2D eigenvalue weighted by molar-refractivity contribution is 7.85. The van der Waals surface area contributed by atoms with Crippen molar-refractivity contribution >= 4 is 10.1 Å². The molecule has 0 saturated carbocycles. The van der Waals surface area contributed by atoms with E-state index in [0.717, 1.165) is 0 Å². The van der Waals surface area contributed by atoms with E-state index in [4.69, 9.17) is 9.29 Å². The van der Waals surface area contributed by atoms with E-state index in [9.17, 15) is 12.8 Å². The Labute approximate surface area is 87.4 Å². The van der Waals surface area contributed by atoms with E-state index in [-0.39, 0.29) is 22.6 Å². The van der Waals surface area contributed by atoms with Gasteiger partial charge < -0.3 is 4.74 Å². The Kier molecular flexibility index (Phi) is 3.65. The van der Waals surface area contributed by atoms with E-state index in [2.05, 4.69) is 0 Å². The molecular formula is C9H11FO4S. The lowest BCUT2D eigenvalue weighted by atomic mass is 10.1. The van der Waals surface area contributed by atoms with E-state index < -0.39 is 16.8 Å². The maximum absolute atomic E-state index is 12.2. The monoisotopic (exact) mass is 234 g/mol. The van der Waals surface area contributed by atoms with Gasteiger partial charge in [0.2, 0.25) is 0 Å². The highest BCUT2D eigenvalue weighted by Crippen LogP contribution is 2.26. The van der Waals surface area contributed by atoms with Crippen LogP contribution in [0.2, 0.25) is 0 Å². The first-order valence-electron chi connectivity index (χ1n) is 4.20. The summed E-state index contributed by atoms with van der Waals surface area (Å²) in [5, 5.41) is 0. The molecule has 15 heavy (non-hydrogen) atoms. The molecule has 0 unspecified atom stereocenters. The summed E-state index contributed by atoms with van der Waals surface area (Å²) in [6, 6.07) is 4.15. The molecule has 0 saturated heterocycles. The zero-order valence-electron chi connectivity index (χ0n) is 8.10. The number of hydrogen-bond acceptors (Lipinski definition) is 3. The van der Waals surface area contributed by atoms with Crippen molar-refractivity contribution < 1.29 is 22.1 Å². The minimum atomic E-state index is -4.33. The second kappa shape index (κ2) is 4.59. The largest absolute Gasteiger partial charge is 0.496 e. The lowest BCUT2D eigenvalue weighted by Crippen LogP contribution is -2.05. The number of hydrogen-bond donors (Lipinski definition) is 1. The molecule has 1 aromatic rings. The molecule has 1 rings (SSSR count). The molecule has 1 N–H and O–H groups in total. The number of halogens is 1. The third kappa shape index (κ3) is 2.66. The molecule has 84 valence electrons. The molecule has 0 aliphatic rings. The minimum Gasteiger partial charge on any atom is -0.496 e. The van der Waals surface area contributed by atoms with Crippen molar-refractivity contribution in [3.63, 3.8) is 0 Å². The van der Waals surface area contributed by atoms with Crippen LogP contribution in [-0.2, 0) is 16.5 Å². The Balaban J connectivity index is 3.38. The second-order valence-electron chi connectivity index (χ2n) is 2.85. The van der Waals surface area contributed by atoms with E-state index in [1.807, 2.05) is 0 Å². The van der Waals surface area contributed by atoms with Gasteiger partial charge in [0.15, 0.2) is 0 Å². The summed E-state index contributed by atoms with van der Waals surface area (Å²) in [5.41, 5.74) is 0.157. The zero-order chi connectivity index (χ0) is 11.5. The van der Waals surface area contributed by atoms with Crippen molar-refractivity contribution in [3.8, 4) is 5.75 Å². The van der Waals surface area contributed by atoms with Crippen LogP contribution in [0.15, 0.2) is 23.1 Å². The van der Waals surface area contributed by atoms with Gasteiger partial charge in [-0.15, -0.1) is 0 Å². The van der Waals surface area contributed by atoms with Crippen LogP contribution in [0, 0.1) is 0 Å². The predicted octanol–water partition coefficient (Wildman–Crippen LogP) is 1.45. The smallest absolute Gasteiger partial charge is 0.294 e. The second-order valence-corrected chi connectivity index (χ2v) is 4.24. The summed E-state index contributed by atoms with van der Waals surface area (Å²) < 4.78 is 48.0. The molecule has 0 aliphatic carbocycles. The van der Waals surface area contributed by atoms with Gasteiger partial charge in [0, 0.05) is 12.0 Å². The third-order valence-electron chi connectivity index (χ3n) is 1.93. The fourth-order valence-corrected chi connectivity index (χ4v) is 2.08. The van der Waals surface area contributed by atoms with Crippen LogP contribution in [0.5, 0.6) is 5.75 Å². The maximum atomic E-state index is 12.2. The molecule has 0 radical (unpaired) electrons. The normalized spacial score (nSPS) is 11.4. The zero-order valence-corrected chi connectivity index (χ0v) is 8.92. The van der Waals surface area contributed by atoms with Crippen LogP contribution in [0.1, 0.15) is 5.56 Å². The third-order valence-corrected chi connectivity index (χ3v) is 2.87. The Bertz CT molecular complexity index is 441. The van der Waals surface area contributed by atoms with Crippen LogP contribution in [-0.4, -0.2) is 26.8 Å². The topological polar surface area (TPSA) is 63.6 Å². The van der Waals surface area contributed by atoms with Crippen LogP contribution in [0.4, 0.5) is 4.39 Å². The molecule has 0 fully saturated rings. The minimum absolute atomic E-state index is 0.112. The number of benzene rings is 1. The first-order valence-corrected chi connectivity index (χ1v) is 5.64. The average Bonchev–Trinajstić information content (AvgIpc) is 2.17. The Morgan fingerprint density at radius 1 is 1.47 bits per heavy atom. The van der Waals surface area contributed by atoms with Gasteiger partial charge in [0.05, 0.1) is 13.8 Å². The Morgan fingerprint density at radius 2 is 2.13 bits per heavy atom. The summed E-state index contributed by atoms with van der Waals surface area (Å²) in [5.74, 6) is 0.253. The van der Waals surface area contributed by atoms with Crippen molar-refractivity contribution in [3.05, 3.63) is 23.8 Å². The molecular weight excluding hydrogens is 223 g/mol. The van der Waals surface area contributed by atoms with Crippen LogP contribution in [0.25, 0.3) is 0 Å². The van der Waals surface area contributed by atoms with Crippen molar-refractivity contribution in [2.24, 2.45) is 0 Å². The van der Waals surface area contributed by atoms with Gasteiger partial charge in [-0.25, -0.2) is 0 Å². The van der Waals surface area contributed by atoms with Gasteiger partial charge in [-0.3, -0.25) is 8.94 Å². The van der Waals surface area contributed by atoms with Gasteiger partial charge in [0.25, 0.3) is 10.1 Å². The fraction of sp³-hybridized carbons (Fsp3) is 0.333. The molecule has 6 heteroatoms.